The number of halogens is 1. The molecule has 1 saturated heterocycles. The van der Waals surface area contributed by atoms with Crippen LogP contribution in [-0.2, 0) is 7.05 Å². The first-order valence-electron chi connectivity index (χ1n) is 9.28. The van der Waals surface area contributed by atoms with Crippen LogP contribution in [0.3, 0.4) is 0 Å². The molecule has 1 aliphatic carbocycles. The smallest absolute Gasteiger partial charge is 0.186 e. The van der Waals surface area contributed by atoms with E-state index < -0.39 is 0 Å². The number of anilines is 2. The minimum atomic E-state index is -0.304. The predicted molar refractivity (Wildman–Crippen MR) is 99.4 cm³/mol. The summed E-state index contributed by atoms with van der Waals surface area (Å²) in [5.74, 6) is 2.16. The molecule has 9 heteroatoms. The lowest BCUT2D eigenvalue weighted by Gasteiger charge is -2.36. The zero-order valence-electron chi connectivity index (χ0n) is 15.4. The van der Waals surface area contributed by atoms with Gasteiger partial charge in [0.25, 0.3) is 0 Å². The number of piperazine rings is 1. The first-order chi connectivity index (χ1) is 13.1. The summed E-state index contributed by atoms with van der Waals surface area (Å²) in [6, 6.07) is 0. The Morgan fingerprint density at radius 2 is 1.67 bits per heavy atom. The number of aromatic nitrogens is 6. The largest absolute Gasteiger partial charge is 0.351 e. The molecule has 2 fully saturated rings. The summed E-state index contributed by atoms with van der Waals surface area (Å²) in [4.78, 5) is 26.3. The standard InChI is InChI=1S/C18H21FN8/c1-11-13(19)16(24-15(23-11)12-3-4-12)26-5-7-27(8-6-26)18-14-17(20-9-21-18)25(2)10-22-14/h9-10,12H,3-8H2,1-2H3. The van der Waals surface area contributed by atoms with E-state index in [-0.39, 0.29) is 5.82 Å². The van der Waals surface area contributed by atoms with Gasteiger partial charge in [-0.05, 0) is 19.8 Å². The maximum absolute atomic E-state index is 14.7. The van der Waals surface area contributed by atoms with Crippen molar-refractivity contribution < 1.29 is 4.39 Å². The lowest BCUT2D eigenvalue weighted by molar-refractivity contribution is 0.568. The zero-order valence-corrected chi connectivity index (χ0v) is 15.4. The van der Waals surface area contributed by atoms with Crippen LogP contribution in [0, 0.1) is 12.7 Å². The normalized spacial score (nSPS) is 17.7. The number of aryl methyl sites for hydroxylation is 2. The van der Waals surface area contributed by atoms with E-state index in [9.17, 15) is 4.39 Å². The maximum atomic E-state index is 14.7. The summed E-state index contributed by atoms with van der Waals surface area (Å²) >= 11 is 0. The maximum Gasteiger partial charge on any atom is 0.186 e. The fraction of sp³-hybridized carbons (Fsp3) is 0.500. The molecule has 0 spiro atoms. The molecule has 27 heavy (non-hydrogen) atoms. The second-order valence-corrected chi connectivity index (χ2v) is 7.28. The van der Waals surface area contributed by atoms with Gasteiger partial charge in [-0.3, -0.25) is 0 Å². The van der Waals surface area contributed by atoms with Gasteiger partial charge in [0, 0.05) is 39.1 Å². The molecule has 0 radical (unpaired) electrons. The van der Waals surface area contributed by atoms with Gasteiger partial charge >= 0.3 is 0 Å². The van der Waals surface area contributed by atoms with E-state index in [2.05, 4.69) is 29.8 Å². The van der Waals surface area contributed by atoms with Crippen molar-refractivity contribution in [2.75, 3.05) is 36.0 Å². The summed E-state index contributed by atoms with van der Waals surface area (Å²) in [7, 11) is 1.92. The van der Waals surface area contributed by atoms with Crippen LogP contribution in [0.2, 0.25) is 0 Å². The van der Waals surface area contributed by atoms with E-state index in [0.717, 1.165) is 48.7 Å². The Balaban J connectivity index is 1.39. The predicted octanol–water partition coefficient (Wildman–Crippen LogP) is 1.80. The third-order valence-corrected chi connectivity index (χ3v) is 5.32. The van der Waals surface area contributed by atoms with Crippen LogP contribution < -0.4 is 9.80 Å². The first kappa shape index (κ1) is 16.3. The second-order valence-electron chi connectivity index (χ2n) is 7.28. The summed E-state index contributed by atoms with van der Waals surface area (Å²) in [5.41, 5.74) is 2.05. The molecular weight excluding hydrogens is 347 g/mol. The van der Waals surface area contributed by atoms with Crippen LogP contribution in [0.1, 0.15) is 30.3 Å². The Hall–Kier alpha value is -2.84. The monoisotopic (exact) mass is 368 g/mol. The van der Waals surface area contributed by atoms with Gasteiger partial charge in [0.1, 0.15) is 12.2 Å². The summed E-state index contributed by atoms with van der Waals surface area (Å²) in [5, 5.41) is 0. The quantitative estimate of drug-likeness (QED) is 0.698. The topological polar surface area (TPSA) is 75.9 Å². The third kappa shape index (κ3) is 2.77. The minimum Gasteiger partial charge on any atom is -0.351 e. The van der Waals surface area contributed by atoms with Crippen molar-refractivity contribution in [3.05, 3.63) is 30.0 Å². The molecule has 5 rings (SSSR count). The summed E-state index contributed by atoms with van der Waals surface area (Å²) in [6.07, 6.45) is 5.52. The van der Waals surface area contributed by atoms with Crippen molar-refractivity contribution in [3.63, 3.8) is 0 Å². The van der Waals surface area contributed by atoms with E-state index in [4.69, 9.17) is 0 Å². The molecule has 3 aromatic heterocycles. The SMILES string of the molecule is Cc1nc(C2CC2)nc(N2CCN(c3ncnc4c3ncn4C)CC2)c1F. The van der Waals surface area contributed by atoms with Crippen molar-refractivity contribution in [1.29, 1.82) is 0 Å². The molecule has 0 amide bonds. The van der Waals surface area contributed by atoms with E-state index in [0.29, 0.717) is 30.5 Å². The molecule has 3 aromatic rings. The van der Waals surface area contributed by atoms with Crippen molar-refractivity contribution >= 4 is 22.8 Å². The van der Waals surface area contributed by atoms with E-state index >= 15 is 0 Å². The number of nitrogens with zero attached hydrogens (tertiary/aromatic N) is 8. The average Bonchev–Trinajstić information content (AvgIpc) is 3.47. The van der Waals surface area contributed by atoms with E-state index in [1.807, 2.05) is 16.5 Å². The fourth-order valence-corrected chi connectivity index (χ4v) is 3.59. The van der Waals surface area contributed by atoms with Gasteiger partial charge in [0.2, 0.25) is 0 Å². The lowest BCUT2D eigenvalue weighted by atomic mass is 10.2. The molecule has 4 heterocycles. The minimum absolute atomic E-state index is 0.304. The van der Waals surface area contributed by atoms with Crippen molar-refractivity contribution in [2.45, 2.75) is 25.7 Å². The van der Waals surface area contributed by atoms with Crippen LogP contribution in [0.5, 0.6) is 0 Å². The number of hydrogen-bond donors (Lipinski definition) is 0. The van der Waals surface area contributed by atoms with Gasteiger partial charge in [0.05, 0.1) is 12.0 Å². The molecule has 0 atom stereocenters. The average molecular weight is 368 g/mol. The second kappa shape index (κ2) is 6.11. The number of fused-ring (bicyclic) bond motifs is 1. The number of rotatable bonds is 3. The summed E-state index contributed by atoms with van der Waals surface area (Å²) in [6.45, 7) is 4.53. The first-order valence-corrected chi connectivity index (χ1v) is 9.28. The van der Waals surface area contributed by atoms with Crippen molar-refractivity contribution in [1.82, 2.24) is 29.5 Å². The van der Waals surface area contributed by atoms with Crippen LogP contribution in [0.15, 0.2) is 12.7 Å². The Morgan fingerprint density at radius 3 is 2.37 bits per heavy atom. The van der Waals surface area contributed by atoms with Crippen LogP contribution in [0.4, 0.5) is 16.0 Å². The Kier molecular flexibility index (Phi) is 3.70. The number of imidazole rings is 1. The molecule has 140 valence electrons. The Morgan fingerprint density at radius 1 is 0.963 bits per heavy atom. The van der Waals surface area contributed by atoms with Crippen LogP contribution in [-0.4, -0.2) is 55.7 Å². The molecule has 0 unspecified atom stereocenters. The van der Waals surface area contributed by atoms with Crippen LogP contribution in [0.25, 0.3) is 11.2 Å². The van der Waals surface area contributed by atoms with Gasteiger partial charge in [-0.15, -0.1) is 0 Å². The third-order valence-electron chi connectivity index (χ3n) is 5.32. The summed E-state index contributed by atoms with van der Waals surface area (Å²) < 4.78 is 16.6. The van der Waals surface area contributed by atoms with Gasteiger partial charge in [-0.2, -0.15) is 0 Å². The highest BCUT2D eigenvalue weighted by molar-refractivity contribution is 5.83. The van der Waals surface area contributed by atoms with Crippen molar-refractivity contribution in [2.24, 2.45) is 7.05 Å². The molecular formula is C18H21FN8. The zero-order chi connectivity index (χ0) is 18.5. The highest BCUT2D eigenvalue weighted by atomic mass is 19.1. The van der Waals surface area contributed by atoms with Gasteiger partial charge in [-0.25, -0.2) is 29.3 Å². The fourth-order valence-electron chi connectivity index (χ4n) is 3.59. The lowest BCUT2D eigenvalue weighted by Crippen LogP contribution is -2.47. The van der Waals surface area contributed by atoms with Crippen molar-refractivity contribution in [3.8, 4) is 0 Å². The molecule has 1 aliphatic heterocycles. The molecule has 0 bridgehead atoms. The Bertz CT molecular complexity index is 1000. The van der Waals surface area contributed by atoms with E-state index in [1.54, 1.807) is 19.6 Å². The number of hydrogen-bond acceptors (Lipinski definition) is 7. The molecule has 0 aromatic carbocycles. The highest BCUT2D eigenvalue weighted by Crippen LogP contribution is 2.39. The molecule has 8 nitrogen and oxygen atoms in total. The van der Waals surface area contributed by atoms with Gasteiger partial charge in [0.15, 0.2) is 28.6 Å². The molecule has 0 N–H and O–H groups in total. The Labute approximate surface area is 156 Å². The van der Waals surface area contributed by atoms with Gasteiger partial charge < -0.3 is 14.4 Å². The highest BCUT2D eigenvalue weighted by Gasteiger charge is 2.30. The molecule has 2 aliphatic rings. The van der Waals surface area contributed by atoms with Gasteiger partial charge in [-0.1, -0.05) is 0 Å². The molecule has 1 saturated carbocycles. The van der Waals surface area contributed by atoms with E-state index in [1.165, 1.54) is 0 Å². The van der Waals surface area contributed by atoms with Crippen LogP contribution >= 0.6 is 0 Å².